The molecule has 9 nitrogen and oxygen atoms in total. The highest BCUT2D eigenvalue weighted by Crippen LogP contribution is 2.30. The zero-order valence-corrected chi connectivity index (χ0v) is 18.8. The summed E-state index contributed by atoms with van der Waals surface area (Å²) in [6.45, 7) is 6.12. The molecule has 10 heteroatoms. The van der Waals surface area contributed by atoms with Crippen LogP contribution in [-0.4, -0.2) is 50.6 Å². The summed E-state index contributed by atoms with van der Waals surface area (Å²) in [7, 11) is 0. The summed E-state index contributed by atoms with van der Waals surface area (Å²) in [5.41, 5.74) is 8.10. The van der Waals surface area contributed by atoms with Crippen molar-refractivity contribution in [2.45, 2.75) is 20.3 Å². The molecule has 1 amide bonds. The van der Waals surface area contributed by atoms with Gasteiger partial charge in [-0.3, -0.25) is 9.78 Å². The van der Waals surface area contributed by atoms with E-state index in [1.807, 2.05) is 38.1 Å². The molecule has 3 N–H and O–H groups in total. The Kier molecular flexibility index (Phi) is 8.52. The molecule has 166 valence electrons. The highest BCUT2D eigenvalue weighted by molar-refractivity contribution is 7.17. The Labute approximate surface area is 190 Å². The van der Waals surface area contributed by atoms with Gasteiger partial charge in [0.05, 0.1) is 10.9 Å². The summed E-state index contributed by atoms with van der Waals surface area (Å²) in [6, 6.07) is 7.31. The number of carbonyl (C=O) groups is 1. The fraction of sp³-hybridized carbons (Fsp3) is 0.273. The number of pyridine rings is 1. The number of thiophene rings is 1. The molecule has 0 spiro atoms. The Morgan fingerprint density at radius 3 is 2.62 bits per heavy atom. The quantitative estimate of drug-likeness (QED) is 0.438. The van der Waals surface area contributed by atoms with Gasteiger partial charge in [0.15, 0.2) is 5.82 Å². The molecular weight excluding hydrogens is 426 g/mol. The zero-order valence-electron chi connectivity index (χ0n) is 18.0. The lowest BCUT2D eigenvalue weighted by Crippen LogP contribution is -2.25. The van der Waals surface area contributed by atoms with Crippen LogP contribution >= 0.6 is 11.3 Å². The maximum Gasteiger partial charge on any atom is 0.252 e. The average molecular weight is 452 g/mol. The predicted octanol–water partition coefficient (Wildman–Crippen LogP) is 3.14. The maximum absolute atomic E-state index is 12.6. The van der Waals surface area contributed by atoms with E-state index in [1.54, 1.807) is 17.8 Å². The average Bonchev–Trinajstić information content (AvgIpc) is 3.26. The smallest absolute Gasteiger partial charge is 0.252 e. The van der Waals surface area contributed by atoms with Crippen molar-refractivity contribution in [2.24, 2.45) is 0 Å². The van der Waals surface area contributed by atoms with Gasteiger partial charge >= 0.3 is 0 Å². The SMILES string of the molecule is CCOCC.Nc1nc(-c2ccccn2)nc2scc(C(=O)NCCc3ccncn3)c12. The number of ether oxygens (including phenoxy) is 1. The summed E-state index contributed by atoms with van der Waals surface area (Å²) >= 11 is 1.35. The number of aromatic nitrogens is 5. The number of hydrogen-bond acceptors (Lipinski definition) is 9. The summed E-state index contributed by atoms with van der Waals surface area (Å²) in [6.07, 6.45) is 5.45. The topological polar surface area (TPSA) is 129 Å². The van der Waals surface area contributed by atoms with E-state index in [0.29, 0.717) is 40.3 Å². The molecule has 0 aliphatic heterocycles. The van der Waals surface area contributed by atoms with Gasteiger partial charge < -0.3 is 15.8 Å². The first-order valence-corrected chi connectivity index (χ1v) is 11.1. The van der Waals surface area contributed by atoms with Crippen molar-refractivity contribution in [1.29, 1.82) is 0 Å². The first kappa shape index (κ1) is 23.2. The van der Waals surface area contributed by atoms with E-state index in [9.17, 15) is 4.79 Å². The summed E-state index contributed by atoms with van der Waals surface area (Å²) in [5.74, 6) is 0.497. The summed E-state index contributed by atoms with van der Waals surface area (Å²) < 4.78 is 4.83. The van der Waals surface area contributed by atoms with Crippen LogP contribution < -0.4 is 11.1 Å². The van der Waals surface area contributed by atoms with E-state index in [2.05, 4.69) is 30.2 Å². The monoisotopic (exact) mass is 451 g/mol. The molecule has 0 aliphatic rings. The molecule has 0 saturated heterocycles. The number of anilines is 1. The number of nitrogens with zero attached hydrogens (tertiary/aromatic N) is 5. The van der Waals surface area contributed by atoms with Crippen LogP contribution in [-0.2, 0) is 11.2 Å². The van der Waals surface area contributed by atoms with Crippen LogP contribution in [0.5, 0.6) is 0 Å². The molecule has 0 unspecified atom stereocenters. The molecule has 4 aromatic rings. The lowest BCUT2D eigenvalue weighted by atomic mass is 10.2. The van der Waals surface area contributed by atoms with Gasteiger partial charge in [-0.1, -0.05) is 6.07 Å². The molecule has 0 aliphatic carbocycles. The number of nitrogens with one attached hydrogen (secondary N) is 1. The molecular formula is C22H25N7O2S. The Morgan fingerprint density at radius 2 is 1.97 bits per heavy atom. The van der Waals surface area contributed by atoms with Crippen LogP contribution in [0.4, 0.5) is 5.82 Å². The van der Waals surface area contributed by atoms with Gasteiger partial charge in [-0.15, -0.1) is 11.3 Å². The molecule has 0 fully saturated rings. The van der Waals surface area contributed by atoms with Gasteiger partial charge in [-0.2, -0.15) is 0 Å². The van der Waals surface area contributed by atoms with E-state index in [0.717, 1.165) is 18.9 Å². The molecule has 4 heterocycles. The van der Waals surface area contributed by atoms with Crippen molar-refractivity contribution < 1.29 is 9.53 Å². The largest absolute Gasteiger partial charge is 0.383 e. The Morgan fingerprint density at radius 1 is 1.12 bits per heavy atom. The standard InChI is InChI=1S/C18H15N7OS.C4H10O/c19-15-14-12(17(26)22-8-5-11-4-7-20-10-23-11)9-27-18(14)25-16(24-15)13-3-1-2-6-21-13;1-3-5-4-2/h1-4,6-7,9-10H,5,8H2,(H,22,26)(H2,19,24,25);3-4H2,1-2H3. The van der Waals surface area contributed by atoms with Crippen LogP contribution in [0.15, 0.2) is 48.4 Å². The van der Waals surface area contributed by atoms with Gasteiger partial charge in [0.2, 0.25) is 0 Å². The zero-order chi connectivity index (χ0) is 22.8. The molecule has 0 bridgehead atoms. The van der Waals surface area contributed by atoms with Crippen LogP contribution in [0.3, 0.4) is 0 Å². The minimum absolute atomic E-state index is 0.212. The van der Waals surface area contributed by atoms with Crippen molar-refractivity contribution in [3.05, 3.63) is 59.6 Å². The summed E-state index contributed by atoms with van der Waals surface area (Å²) in [4.78, 5) is 34.3. The van der Waals surface area contributed by atoms with Gasteiger partial charge in [-0.25, -0.2) is 19.9 Å². The first-order valence-electron chi connectivity index (χ1n) is 10.2. The van der Waals surface area contributed by atoms with Crippen molar-refractivity contribution in [1.82, 2.24) is 30.2 Å². The second kappa shape index (κ2) is 11.8. The highest BCUT2D eigenvalue weighted by Gasteiger charge is 2.18. The molecule has 0 radical (unpaired) electrons. The van der Waals surface area contributed by atoms with Crippen molar-refractivity contribution >= 4 is 33.3 Å². The van der Waals surface area contributed by atoms with Crippen LogP contribution in [0.2, 0.25) is 0 Å². The third-order valence-corrected chi connectivity index (χ3v) is 5.19. The number of hydrogen-bond donors (Lipinski definition) is 2. The van der Waals surface area contributed by atoms with Crippen molar-refractivity contribution in [3.8, 4) is 11.5 Å². The van der Waals surface area contributed by atoms with Crippen LogP contribution in [0, 0.1) is 0 Å². The van der Waals surface area contributed by atoms with Gasteiger partial charge in [0.1, 0.15) is 22.7 Å². The van der Waals surface area contributed by atoms with E-state index >= 15 is 0 Å². The molecule has 4 rings (SSSR count). The fourth-order valence-corrected chi connectivity index (χ4v) is 3.74. The van der Waals surface area contributed by atoms with Gasteiger partial charge in [0.25, 0.3) is 5.91 Å². The van der Waals surface area contributed by atoms with E-state index in [-0.39, 0.29) is 11.7 Å². The fourth-order valence-electron chi connectivity index (χ4n) is 2.81. The van der Waals surface area contributed by atoms with E-state index in [4.69, 9.17) is 10.5 Å². The minimum Gasteiger partial charge on any atom is -0.383 e. The number of rotatable bonds is 7. The molecule has 32 heavy (non-hydrogen) atoms. The normalized spacial score (nSPS) is 10.4. The third kappa shape index (κ3) is 6.02. The van der Waals surface area contributed by atoms with Gasteiger partial charge in [0, 0.05) is 49.6 Å². The van der Waals surface area contributed by atoms with Crippen molar-refractivity contribution in [2.75, 3.05) is 25.5 Å². The molecule has 0 aromatic carbocycles. The van der Waals surface area contributed by atoms with Crippen LogP contribution in [0.25, 0.3) is 21.7 Å². The highest BCUT2D eigenvalue weighted by atomic mass is 32.1. The number of fused-ring (bicyclic) bond motifs is 1. The Balaban J connectivity index is 0.000000523. The number of nitrogens with two attached hydrogens (primary N) is 1. The Bertz CT molecular complexity index is 1140. The number of nitrogen functional groups attached to an aromatic ring is 1. The minimum atomic E-state index is -0.212. The van der Waals surface area contributed by atoms with E-state index in [1.165, 1.54) is 17.7 Å². The van der Waals surface area contributed by atoms with Crippen molar-refractivity contribution in [3.63, 3.8) is 0 Å². The molecule has 0 saturated carbocycles. The maximum atomic E-state index is 12.6. The predicted molar refractivity (Wildman–Crippen MR) is 125 cm³/mol. The number of amides is 1. The Hall–Kier alpha value is -3.50. The third-order valence-electron chi connectivity index (χ3n) is 4.32. The summed E-state index contributed by atoms with van der Waals surface area (Å²) in [5, 5.41) is 5.20. The second-order valence-corrected chi connectivity index (χ2v) is 7.32. The molecule has 4 aromatic heterocycles. The molecule has 0 atom stereocenters. The number of carbonyl (C=O) groups excluding carboxylic acids is 1. The van der Waals surface area contributed by atoms with Crippen LogP contribution in [0.1, 0.15) is 29.9 Å². The van der Waals surface area contributed by atoms with Gasteiger partial charge in [-0.05, 0) is 32.0 Å². The first-order chi connectivity index (χ1) is 15.6. The second-order valence-electron chi connectivity index (χ2n) is 6.47. The lowest BCUT2D eigenvalue weighted by molar-refractivity contribution is 0.0956. The van der Waals surface area contributed by atoms with E-state index < -0.39 is 0 Å². The lowest BCUT2D eigenvalue weighted by Gasteiger charge is -2.06.